The normalized spacial score (nSPS) is 41.0. The number of carbonyl (C=O) groups is 1. The van der Waals surface area contributed by atoms with Gasteiger partial charge in [0.2, 0.25) is 0 Å². The Labute approximate surface area is 67.9 Å². The number of rotatable bonds is 0. The number of hydrogen-bond acceptors (Lipinski definition) is 2. The van der Waals surface area contributed by atoms with E-state index < -0.39 is 0 Å². The van der Waals surface area contributed by atoms with Crippen LogP contribution in [0.2, 0.25) is 0 Å². The van der Waals surface area contributed by atoms with Crippen molar-refractivity contribution in [1.82, 2.24) is 0 Å². The highest BCUT2D eigenvalue weighted by atomic mass is 16.5. The molecule has 0 aromatic carbocycles. The molecule has 0 spiro atoms. The van der Waals surface area contributed by atoms with Gasteiger partial charge in [-0.25, -0.2) is 0 Å². The van der Waals surface area contributed by atoms with Crippen LogP contribution in [0.5, 0.6) is 0 Å². The quantitative estimate of drug-likeness (QED) is 0.534. The first-order chi connectivity index (χ1) is 5.34. The molecule has 2 bridgehead atoms. The Morgan fingerprint density at radius 2 is 1.64 bits per heavy atom. The Morgan fingerprint density at radius 1 is 1.18 bits per heavy atom. The number of ether oxygens (including phenoxy) is 1. The minimum Gasteiger partial charge on any atom is -0.375 e. The summed E-state index contributed by atoms with van der Waals surface area (Å²) < 4.78 is 5.67. The zero-order valence-electron chi connectivity index (χ0n) is 7.08. The van der Waals surface area contributed by atoms with Gasteiger partial charge in [-0.15, -0.1) is 0 Å². The minimum absolute atomic E-state index is 0.638. The lowest BCUT2D eigenvalue weighted by Gasteiger charge is -2.25. The second kappa shape index (κ2) is 3.86. The average Bonchev–Trinajstić information content (AvgIpc) is 2.35. The summed E-state index contributed by atoms with van der Waals surface area (Å²) in [5.41, 5.74) is 0. The van der Waals surface area contributed by atoms with Crippen LogP contribution in [-0.2, 0) is 9.53 Å². The van der Waals surface area contributed by atoms with Crippen molar-refractivity contribution in [2.24, 2.45) is 5.92 Å². The van der Waals surface area contributed by atoms with Crippen molar-refractivity contribution in [3.63, 3.8) is 0 Å². The minimum atomic E-state index is 0.638. The molecule has 0 radical (unpaired) electrons. The Morgan fingerprint density at radius 3 is 2.09 bits per heavy atom. The van der Waals surface area contributed by atoms with Gasteiger partial charge < -0.3 is 9.53 Å². The molecule has 2 heteroatoms. The molecule has 0 aromatic rings. The van der Waals surface area contributed by atoms with Crippen molar-refractivity contribution in [3.05, 3.63) is 0 Å². The first-order valence-electron chi connectivity index (χ1n) is 4.29. The van der Waals surface area contributed by atoms with Gasteiger partial charge in [-0.1, -0.05) is 6.92 Å². The smallest absolute Gasteiger partial charge is 0.106 e. The van der Waals surface area contributed by atoms with Crippen LogP contribution >= 0.6 is 0 Å². The maximum Gasteiger partial charge on any atom is 0.106 e. The lowest BCUT2D eigenvalue weighted by atomic mass is 9.98. The van der Waals surface area contributed by atoms with Gasteiger partial charge in [0.05, 0.1) is 12.2 Å². The first-order valence-corrected chi connectivity index (χ1v) is 4.29. The fourth-order valence-corrected chi connectivity index (χ4v) is 2.12. The highest BCUT2D eigenvalue weighted by Crippen LogP contribution is 2.35. The first kappa shape index (κ1) is 8.72. The van der Waals surface area contributed by atoms with E-state index in [9.17, 15) is 0 Å². The molecule has 11 heavy (non-hydrogen) atoms. The van der Waals surface area contributed by atoms with E-state index in [1.807, 2.05) is 6.79 Å². The number of hydrogen-bond donors (Lipinski definition) is 0. The molecule has 0 aromatic heterocycles. The summed E-state index contributed by atoms with van der Waals surface area (Å²) in [5.74, 6) is 0.927. The highest BCUT2D eigenvalue weighted by Gasteiger charge is 2.32. The van der Waals surface area contributed by atoms with Crippen LogP contribution < -0.4 is 0 Å². The standard InChI is InChI=1S/C8H14O.CH2O/c1-6-4-7-2-3-8(5-6)9-7;1-2/h6-8H,2-5H2,1H3;1H2. The van der Waals surface area contributed by atoms with Crippen LogP contribution in [0.25, 0.3) is 0 Å². The SMILES string of the molecule is C=O.CC1CC2CCC(C1)O2. The van der Waals surface area contributed by atoms with Gasteiger partial charge in [-0.2, -0.15) is 0 Å². The van der Waals surface area contributed by atoms with Crippen molar-refractivity contribution >= 4 is 6.79 Å². The predicted octanol–water partition coefficient (Wildman–Crippen LogP) is 1.78. The molecule has 2 rings (SSSR count). The van der Waals surface area contributed by atoms with Crippen molar-refractivity contribution in [3.8, 4) is 0 Å². The summed E-state index contributed by atoms with van der Waals surface area (Å²) in [6, 6.07) is 0. The van der Waals surface area contributed by atoms with E-state index in [0.29, 0.717) is 12.2 Å². The summed E-state index contributed by atoms with van der Waals surface area (Å²) in [4.78, 5) is 8.00. The van der Waals surface area contributed by atoms with Crippen molar-refractivity contribution in [2.45, 2.75) is 44.8 Å². The second-order valence-electron chi connectivity index (χ2n) is 3.53. The molecule has 2 fully saturated rings. The zero-order chi connectivity index (χ0) is 8.27. The molecule has 2 heterocycles. The van der Waals surface area contributed by atoms with Crippen LogP contribution in [-0.4, -0.2) is 19.0 Å². The summed E-state index contributed by atoms with van der Waals surface area (Å²) in [5, 5.41) is 0. The summed E-state index contributed by atoms with van der Waals surface area (Å²) in [6.07, 6.45) is 6.56. The average molecular weight is 156 g/mol. The Kier molecular flexibility index (Phi) is 3.06. The van der Waals surface area contributed by atoms with Crippen LogP contribution in [0.1, 0.15) is 32.6 Å². The van der Waals surface area contributed by atoms with Gasteiger partial charge in [0, 0.05) is 0 Å². The molecule has 2 nitrogen and oxygen atoms in total. The molecule has 2 aliphatic rings. The molecule has 0 saturated carbocycles. The topological polar surface area (TPSA) is 26.3 Å². The van der Waals surface area contributed by atoms with Gasteiger partial charge in [-0.3, -0.25) is 0 Å². The van der Waals surface area contributed by atoms with E-state index in [4.69, 9.17) is 9.53 Å². The van der Waals surface area contributed by atoms with Crippen LogP contribution in [0.4, 0.5) is 0 Å². The Balaban J connectivity index is 0.000000281. The molecule has 0 N–H and O–H groups in total. The Bertz CT molecular complexity index is 113. The van der Waals surface area contributed by atoms with Crippen LogP contribution in [0.3, 0.4) is 0 Å². The van der Waals surface area contributed by atoms with Crippen molar-refractivity contribution in [1.29, 1.82) is 0 Å². The zero-order valence-corrected chi connectivity index (χ0v) is 7.08. The van der Waals surface area contributed by atoms with Gasteiger partial charge in [0.1, 0.15) is 6.79 Å². The predicted molar refractivity (Wildman–Crippen MR) is 43.4 cm³/mol. The monoisotopic (exact) mass is 156 g/mol. The maximum absolute atomic E-state index is 8.00. The molecular weight excluding hydrogens is 140 g/mol. The molecular formula is C9H16O2. The van der Waals surface area contributed by atoms with E-state index in [1.54, 1.807) is 0 Å². The molecule has 2 atom stereocenters. The van der Waals surface area contributed by atoms with Crippen molar-refractivity contribution in [2.75, 3.05) is 0 Å². The third kappa shape index (κ3) is 2.03. The van der Waals surface area contributed by atoms with Crippen molar-refractivity contribution < 1.29 is 9.53 Å². The molecule has 2 saturated heterocycles. The van der Waals surface area contributed by atoms with E-state index in [2.05, 4.69) is 6.92 Å². The van der Waals surface area contributed by atoms with Crippen LogP contribution in [0.15, 0.2) is 0 Å². The Hall–Kier alpha value is -0.370. The summed E-state index contributed by atoms with van der Waals surface area (Å²) >= 11 is 0. The third-order valence-electron chi connectivity index (χ3n) is 2.53. The van der Waals surface area contributed by atoms with E-state index in [0.717, 1.165) is 5.92 Å². The maximum atomic E-state index is 8.00. The van der Waals surface area contributed by atoms with E-state index in [-0.39, 0.29) is 0 Å². The molecule has 0 amide bonds. The van der Waals surface area contributed by atoms with E-state index in [1.165, 1.54) is 25.7 Å². The lowest BCUT2D eigenvalue weighted by molar-refractivity contribution is -0.0979. The number of fused-ring (bicyclic) bond motifs is 2. The van der Waals surface area contributed by atoms with Gasteiger partial charge in [0.25, 0.3) is 0 Å². The fraction of sp³-hybridized carbons (Fsp3) is 0.889. The third-order valence-corrected chi connectivity index (χ3v) is 2.53. The van der Waals surface area contributed by atoms with E-state index >= 15 is 0 Å². The molecule has 2 unspecified atom stereocenters. The molecule has 0 aliphatic carbocycles. The van der Waals surface area contributed by atoms with Crippen LogP contribution in [0, 0.1) is 5.92 Å². The van der Waals surface area contributed by atoms with Gasteiger partial charge >= 0.3 is 0 Å². The summed E-state index contributed by atoms with van der Waals surface area (Å²) in [6.45, 7) is 4.34. The molecule has 2 aliphatic heterocycles. The van der Waals surface area contributed by atoms with Gasteiger partial charge in [0.15, 0.2) is 0 Å². The van der Waals surface area contributed by atoms with Gasteiger partial charge in [-0.05, 0) is 31.6 Å². The molecule has 64 valence electrons. The highest BCUT2D eigenvalue weighted by molar-refractivity contribution is 5.10. The summed E-state index contributed by atoms with van der Waals surface area (Å²) in [7, 11) is 0. The second-order valence-corrected chi connectivity index (χ2v) is 3.53. The number of carbonyl (C=O) groups excluding carboxylic acids is 1. The lowest BCUT2D eigenvalue weighted by Crippen LogP contribution is -2.22. The fourth-order valence-electron chi connectivity index (χ4n) is 2.12. The largest absolute Gasteiger partial charge is 0.375 e.